The molecule has 0 bridgehead atoms. The first-order valence-electron chi connectivity index (χ1n) is 5.26. The molecule has 1 amide bonds. The van der Waals surface area contributed by atoms with Crippen LogP contribution in [0.2, 0.25) is 5.02 Å². The molecule has 2 nitrogen and oxygen atoms in total. The average Bonchev–Trinajstić information content (AvgIpc) is 2.23. The fraction of sp³-hybridized carbons (Fsp3) is 0.417. The first-order chi connectivity index (χ1) is 7.56. The zero-order valence-corrected chi connectivity index (χ0v) is 11.7. The molecule has 0 saturated carbocycles. The lowest BCUT2D eigenvalue weighted by Crippen LogP contribution is -2.23. The molecule has 1 aromatic rings. The van der Waals surface area contributed by atoms with Crippen LogP contribution >= 0.6 is 27.5 Å². The van der Waals surface area contributed by atoms with Crippen molar-refractivity contribution in [2.45, 2.75) is 31.5 Å². The Hall–Kier alpha value is -0.540. The Balaban J connectivity index is 2.77. The van der Waals surface area contributed by atoms with E-state index in [-0.39, 0.29) is 10.7 Å². The standard InChI is InChI=1S/C12H15BrClNO/c1-3-5-9(13)12(16)15-11-8(2)6-4-7-10(11)14/h4,6-7,9H,3,5H2,1-2H3,(H,15,16). The van der Waals surface area contributed by atoms with Gasteiger partial charge in [-0.3, -0.25) is 4.79 Å². The van der Waals surface area contributed by atoms with E-state index in [0.717, 1.165) is 18.4 Å². The number of carbonyl (C=O) groups is 1. The normalized spacial score (nSPS) is 12.2. The number of hydrogen-bond donors (Lipinski definition) is 1. The summed E-state index contributed by atoms with van der Waals surface area (Å²) in [4.78, 5) is 11.6. The highest BCUT2D eigenvalue weighted by Gasteiger charge is 2.15. The largest absolute Gasteiger partial charge is 0.324 e. The number of alkyl halides is 1. The second-order valence-corrected chi connectivity index (χ2v) is 5.19. The molecule has 1 aromatic carbocycles. The molecular weight excluding hydrogens is 289 g/mol. The van der Waals surface area contributed by atoms with Crippen molar-refractivity contribution in [1.82, 2.24) is 0 Å². The van der Waals surface area contributed by atoms with Gasteiger partial charge in [-0.1, -0.05) is 53.0 Å². The van der Waals surface area contributed by atoms with Gasteiger partial charge in [-0.05, 0) is 25.0 Å². The molecule has 1 unspecified atom stereocenters. The van der Waals surface area contributed by atoms with Crippen molar-refractivity contribution in [2.75, 3.05) is 5.32 Å². The monoisotopic (exact) mass is 303 g/mol. The number of para-hydroxylation sites is 1. The van der Waals surface area contributed by atoms with Crippen molar-refractivity contribution in [3.8, 4) is 0 Å². The molecule has 4 heteroatoms. The highest BCUT2D eigenvalue weighted by Crippen LogP contribution is 2.26. The highest BCUT2D eigenvalue weighted by molar-refractivity contribution is 9.10. The molecule has 16 heavy (non-hydrogen) atoms. The number of halogens is 2. The van der Waals surface area contributed by atoms with Crippen LogP contribution in [0.15, 0.2) is 18.2 Å². The Morgan fingerprint density at radius 1 is 1.56 bits per heavy atom. The topological polar surface area (TPSA) is 29.1 Å². The van der Waals surface area contributed by atoms with Gasteiger partial charge in [-0.15, -0.1) is 0 Å². The predicted molar refractivity (Wildman–Crippen MR) is 72.4 cm³/mol. The minimum atomic E-state index is -0.159. The van der Waals surface area contributed by atoms with E-state index in [1.54, 1.807) is 6.07 Å². The minimum absolute atomic E-state index is 0.0435. The predicted octanol–water partition coefficient (Wildman–Crippen LogP) is 4.15. The molecule has 0 fully saturated rings. The van der Waals surface area contributed by atoms with Crippen molar-refractivity contribution >= 4 is 39.1 Å². The van der Waals surface area contributed by atoms with Crippen molar-refractivity contribution in [1.29, 1.82) is 0 Å². The van der Waals surface area contributed by atoms with E-state index in [4.69, 9.17) is 11.6 Å². The first kappa shape index (κ1) is 13.5. The highest BCUT2D eigenvalue weighted by atomic mass is 79.9. The number of anilines is 1. The Morgan fingerprint density at radius 2 is 2.25 bits per heavy atom. The lowest BCUT2D eigenvalue weighted by molar-refractivity contribution is -0.115. The zero-order valence-electron chi connectivity index (χ0n) is 9.39. The molecule has 0 saturated heterocycles. The maximum atomic E-state index is 11.8. The van der Waals surface area contributed by atoms with Crippen LogP contribution in [-0.4, -0.2) is 10.7 Å². The maximum Gasteiger partial charge on any atom is 0.238 e. The molecule has 0 radical (unpaired) electrons. The Kier molecular flexibility index (Phi) is 5.29. The summed E-state index contributed by atoms with van der Waals surface area (Å²) in [5.74, 6) is -0.0435. The van der Waals surface area contributed by atoms with E-state index in [1.807, 2.05) is 26.0 Å². The molecule has 0 heterocycles. The SMILES string of the molecule is CCCC(Br)C(=O)Nc1c(C)cccc1Cl. The van der Waals surface area contributed by atoms with Gasteiger partial charge in [0, 0.05) is 0 Å². The van der Waals surface area contributed by atoms with Crippen molar-refractivity contribution in [3.05, 3.63) is 28.8 Å². The van der Waals surface area contributed by atoms with Crippen LogP contribution in [0.1, 0.15) is 25.3 Å². The van der Waals surface area contributed by atoms with Crippen LogP contribution < -0.4 is 5.32 Å². The van der Waals surface area contributed by atoms with E-state index >= 15 is 0 Å². The minimum Gasteiger partial charge on any atom is -0.324 e. The van der Waals surface area contributed by atoms with Crippen LogP contribution in [0.5, 0.6) is 0 Å². The van der Waals surface area contributed by atoms with E-state index in [9.17, 15) is 4.79 Å². The number of amides is 1. The lowest BCUT2D eigenvalue weighted by atomic mass is 10.2. The summed E-state index contributed by atoms with van der Waals surface area (Å²) in [5.41, 5.74) is 1.67. The Bertz CT molecular complexity index is 361. The molecule has 0 spiro atoms. The number of benzene rings is 1. The third-order valence-electron chi connectivity index (χ3n) is 2.30. The van der Waals surface area contributed by atoms with Gasteiger partial charge in [0.05, 0.1) is 15.5 Å². The molecule has 0 aliphatic heterocycles. The number of aryl methyl sites for hydroxylation is 1. The van der Waals surface area contributed by atoms with Gasteiger partial charge in [-0.25, -0.2) is 0 Å². The first-order valence-corrected chi connectivity index (χ1v) is 6.55. The number of rotatable bonds is 4. The smallest absolute Gasteiger partial charge is 0.238 e. The fourth-order valence-electron chi connectivity index (χ4n) is 1.38. The summed E-state index contributed by atoms with van der Waals surface area (Å²) >= 11 is 9.38. The third-order valence-corrected chi connectivity index (χ3v) is 3.49. The summed E-state index contributed by atoms with van der Waals surface area (Å²) in [6, 6.07) is 5.56. The Labute approximate surface area is 110 Å². The van der Waals surface area contributed by atoms with E-state index < -0.39 is 0 Å². The second-order valence-electron chi connectivity index (χ2n) is 3.68. The molecule has 1 atom stereocenters. The van der Waals surface area contributed by atoms with Crippen molar-refractivity contribution < 1.29 is 4.79 Å². The number of hydrogen-bond acceptors (Lipinski definition) is 1. The van der Waals surface area contributed by atoms with Crippen LogP contribution in [0.3, 0.4) is 0 Å². The van der Waals surface area contributed by atoms with Gasteiger partial charge in [0.1, 0.15) is 0 Å². The summed E-state index contributed by atoms with van der Waals surface area (Å²) in [7, 11) is 0. The number of carbonyl (C=O) groups excluding carboxylic acids is 1. The second kappa shape index (κ2) is 6.26. The van der Waals surface area contributed by atoms with Crippen LogP contribution in [0.4, 0.5) is 5.69 Å². The fourth-order valence-corrected chi connectivity index (χ4v) is 2.22. The molecule has 0 aliphatic carbocycles. The molecule has 1 rings (SSSR count). The number of nitrogens with one attached hydrogen (secondary N) is 1. The van der Waals surface area contributed by atoms with Gasteiger partial charge in [0.15, 0.2) is 0 Å². The summed E-state index contributed by atoms with van der Waals surface area (Å²) in [5, 5.41) is 3.42. The molecule has 88 valence electrons. The van der Waals surface area contributed by atoms with E-state index in [0.29, 0.717) is 10.7 Å². The molecular formula is C12H15BrClNO. The summed E-state index contributed by atoms with van der Waals surface area (Å²) in [6.07, 6.45) is 1.78. The van der Waals surface area contributed by atoms with E-state index in [2.05, 4.69) is 21.2 Å². The van der Waals surface area contributed by atoms with Crippen LogP contribution in [0.25, 0.3) is 0 Å². The quantitative estimate of drug-likeness (QED) is 0.832. The molecule has 0 aliphatic rings. The molecule has 0 aromatic heterocycles. The van der Waals surface area contributed by atoms with Crippen LogP contribution in [-0.2, 0) is 4.79 Å². The zero-order chi connectivity index (χ0) is 12.1. The van der Waals surface area contributed by atoms with Gasteiger partial charge in [0.2, 0.25) is 5.91 Å². The van der Waals surface area contributed by atoms with Gasteiger partial charge in [0.25, 0.3) is 0 Å². The van der Waals surface area contributed by atoms with Gasteiger partial charge >= 0.3 is 0 Å². The lowest BCUT2D eigenvalue weighted by Gasteiger charge is -2.13. The molecule has 1 N–H and O–H groups in total. The average molecular weight is 305 g/mol. The van der Waals surface area contributed by atoms with E-state index in [1.165, 1.54) is 0 Å². The van der Waals surface area contributed by atoms with Crippen molar-refractivity contribution in [2.24, 2.45) is 0 Å². The van der Waals surface area contributed by atoms with Crippen LogP contribution in [0, 0.1) is 6.92 Å². The van der Waals surface area contributed by atoms with Crippen molar-refractivity contribution in [3.63, 3.8) is 0 Å². The van der Waals surface area contributed by atoms with Gasteiger partial charge < -0.3 is 5.32 Å². The summed E-state index contributed by atoms with van der Waals surface area (Å²) in [6.45, 7) is 3.97. The van der Waals surface area contributed by atoms with Gasteiger partial charge in [-0.2, -0.15) is 0 Å². The Morgan fingerprint density at radius 3 is 2.81 bits per heavy atom. The third kappa shape index (κ3) is 3.49. The maximum absolute atomic E-state index is 11.8. The summed E-state index contributed by atoms with van der Waals surface area (Å²) < 4.78 is 0.